The molecule has 4 heterocycles. The lowest BCUT2D eigenvalue weighted by Gasteiger charge is -2.34. The molecular formula is C15H17N5OS2. The number of thiophene rings is 1. The Morgan fingerprint density at radius 1 is 1.26 bits per heavy atom. The Morgan fingerprint density at radius 2 is 2.09 bits per heavy atom. The molecule has 3 aromatic rings. The van der Waals surface area contributed by atoms with Gasteiger partial charge < -0.3 is 4.90 Å². The maximum absolute atomic E-state index is 11.9. The van der Waals surface area contributed by atoms with Gasteiger partial charge in [-0.2, -0.15) is 9.61 Å². The van der Waals surface area contributed by atoms with Crippen molar-refractivity contribution in [1.82, 2.24) is 19.5 Å². The van der Waals surface area contributed by atoms with Crippen LogP contribution in [-0.4, -0.2) is 45.7 Å². The lowest BCUT2D eigenvalue weighted by molar-refractivity contribution is 0.249. The standard InChI is InChI=1S/C15H17N5OS2/c1-11-9-13(21)20-15(16-11)23-12(17-20)10-18-4-6-19(7-5-18)14-3-2-8-22-14/h2-3,8-9H,4-7,10H2,1H3. The lowest BCUT2D eigenvalue weighted by Crippen LogP contribution is -2.45. The van der Waals surface area contributed by atoms with Crippen LogP contribution in [0, 0.1) is 6.92 Å². The Bertz CT molecular complexity index is 862. The number of hydrogen-bond acceptors (Lipinski definition) is 7. The van der Waals surface area contributed by atoms with Crippen LogP contribution in [0.1, 0.15) is 10.7 Å². The molecule has 0 saturated carbocycles. The van der Waals surface area contributed by atoms with E-state index >= 15 is 0 Å². The van der Waals surface area contributed by atoms with Crippen LogP contribution in [0.3, 0.4) is 0 Å². The molecule has 0 spiro atoms. The van der Waals surface area contributed by atoms with Gasteiger partial charge in [0.1, 0.15) is 5.01 Å². The van der Waals surface area contributed by atoms with Crippen LogP contribution >= 0.6 is 22.7 Å². The van der Waals surface area contributed by atoms with Crippen molar-refractivity contribution in [3.63, 3.8) is 0 Å². The summed E-state index contributed by atoms with van der Waals surface area (Å²) in [6.07, 6.45) is 0. The molecule has 1 aliphatic rings. The summed E-state index contributed by atoms with van der Waals surface area (Å²) in [7, 11) is 0. The Labute approximate surface area is 141 Å². The van der Waals surface area contributed by atoms with Gasteiger partial charge in [0.2, 0.25) is 4.96 Å². The zero-order chi connectivity index (χ0) is 15.8. The fraction of sp³-hybridized carbons (Fsp3) is 0.400. The van der Waals surface area contributed by atoms with Crippen LogP contribution in [0.5, 0.6) is 0 Å². The molecule has 0 bridgehead atoms. The summed E-state index contributed by atoms with van der Waals surface area (Å²) < 4.78 is 1.41. The van der Waals surface area contributed by atoms with Gasteiger partial charge in [-0.1, -0.05) is 11.3 Å². The van der Waals surface area contributed by atoms with Gasteiger partial charge in [-0.05, 0) is 24.4 Å². The molecule has 0 atom stereocenters. The maximum atomic E-state index is 11.9. The number of hydrogen-bond donors (Lipinski definition) is 0. The molecule has 1 saturated heterocycles. The molecule has 0 aromatic carbocycles. The summed E-state index contributed by atoms with van der Waals surface area (Å²) >= 11 is 3.30. The van der Waals surface area contributed by atoms with Crippen molar-refractivity contribution in [3.05, 3.63) is 44.6 Å². The summed E-state index contributed by atoms with van der Waals surface area (Å²) in [5.74, 6) is 0. The molecule has 3 aromatic heterocycles. The van der Waals surface area contributed by atoms with Crippen molar-refractivity contribution in [2.45, 2.75) is 13.5 Å². The molecule has 8 heteroatoms. The molecule has 1 fully saturated rings. The van der Waals surface area contributed by atoms with Crippen LogP contribution in [0.2, 0.25) is 0 Å². The van der Waals surface area contributed by atoms with Crippen LogP contribution in [0.15, 0.2) is 28.4 Å². The smallest absolute Gasteiger partial charge is 0.275 e. The zero-order valence-corrected chi connectivity index (χ0v) is 14.4. The predicted molar refractivity (Wildman–Crippen MR) is 93.7 cm³/mol. The summed E-state index contributed by atoms with van der Waals surface area (Å²) in [5, 5.41) is 8.84. The van der Waals surface area contributed by atoms with Crippen molar-refractivity contribution < 1.29 is 0 Å². The van der Waals surface area contributed by atoms with Crippen LogP contribution in [0.4, 0.5) is 5.00 Å². The summed E-state index contributed by atoms with van der Waals surface area (Å²) in [4.78, 5) is 21.8. The molecular weight excluding hydrogens is 330 g/mol. The minimum atomic E-state index is -0.0995. The first-order valence-corrected chi connectivity index (χ1v) is 9.26. The molecule has 0 N–H and O–H groups in total. The second kappa shape index (κ2) is 6.03. The summed E-state index contributed by atoms with van der Waals surface area (Å²) in [6, 6.07) is 5.80. The second-order valence-electron chi connectivity index (χ2n) is 5.64. The van der Waals surface area contributed by atoms with E-state index in [1.807, 2.05) is 6.92 Å². The first-order chi connectivity index (χ1) is 11.2. The SMILES string of the molecule is Cc1cc(=O)n2nc(CN3CCN(c4cccs4)CC3)sc2n1. The zero-order valence-electron chi connectivity index (χ0n) is 12.8. The highest BCUT2D eigenvalue weighted by atomic mass is 32.1. The fourth-order valence-corrected chi connectivity index (χ4v) is 4.56. The third kappa shape index (κ3) is 3.01. The first kappa shape index (κ1) is 14.8. The van der Waals surface area contributed by atoms with Crippen LogP contribution in [0.25, 0.3) is 4.96 Å². The number of aromatic nitrogens is 3. The largest absolute Gasteiger partial charge is 0.361 e. The van der Waals surface area contributed by atoms with Crippen molar-refractivity contribution in [3.8, 4) is 0 Å². The van der Waals surface area contributed by atoms with Crippen molar-refractivity contribution >= 4 is 32.6 Å². The van der Waals surface area contributed by atoms with E-state index in [1.165, 1.54) is 26.9 Å². The fourth-order valence-electron chi connectivity index (χ4n) is 2.79. The number of aryl methyl sites for hydroxylation is 1. The average Bonchev–Trinajstić information content (AvgIpc) is 3.17. The molecule has 0 unspecified atom stereocenters. The van der Waals surface area contributed by atoms with E-state index in [2.05, 4.69) is 37.4 Å². The van der Waals surface area contributed by atoms with Gasteiger partial charge in [0.05, 0.1) is 11.5 Å². The molecule has 4 rings (SSSR count). The molecule has 1 aliphatic heterocycles. The van der Waals surface area contributed by atoms with Crippen molar-refractivity contribution in [2.75, 3.05) is 31.1 Å². The second-order valence-corrected chi connectivity index (χ2v) is 7.61. The van der Waals surface area contributed by atoms with Gasteiger partial charge in [-0.3, -0.25) is 9.69 Å². The van der Waals surface area contributed by atoms with E-state index in [0.29, 0.717) is 4.96 Å². The minimum absolute atomic E-state index is 0.0995. The van der Waals surface area contributed by atoms with Crippen molar-refractivity contribution in [2.24, 2.45) is 0 Å². The Hall–Kier alpha value is -1.77. The monoisotopic (exact) mass is 347 g/mol. The highest BCUT2D eigenvalue weighted by Crippen LogP contribution is 2.23. The van der Waals surface area contributed by atoms with E-state index in [0.717, 1.165) is 43.4 Å². The van der Waals surface area contributed by atoms with E-state index < -0.39 is 0 Å². The van der Waals surface area contributed by atoms with Crippen LogP contribution < -0.4 is 10.5 Å². The molecule has 0 radical (unpaired) electrons. The number of anilines is 1. The van der Waals surface area contributed by atoms with Crippen LogP contribution in [-0.2, 0) is 6.54 Å². The molecule has 6 nitrogen and oxygen atoms in total. The topological polar surface area (TPSA) is 53.7 Å². The molecule has 120 valence electrons. The van der Waals surface area contributed by atoms with Gasteiger partial charge in [-0.25, -0.2) is 4.98 Å². The first-order valence-electron chi connectivity index (χ1n) is 7.56. The third-order valence-corrected chi connectivity index (χ3v) is 5.79. The third-order valence-electron chi connectivity index (χ3n) is 3.96. The van der Waals surface area contributed by atoms with E-state index in [-0.39, 0.29) is 5.56 Å². The Balaban J connectivity index is 1.45. The van der Waals surface area contributed by atoms with Gasteiger partial charge >= 0.3 is 0 Å². The Kier molecular flexibility index (Phi) is 3.88. The van der Waals surface area contributed by atoms with Gasteiger partial charge in [0.25, 0.3) is 5.56 Å². The summed E-state index contributed by atoms with van der Waals surface area (Å²) in [6.45, 7) is 6.70. The van der Waals surface area contributed by atoms with Crippen molar-refractivity contribution in [1.29, 1.82) is 0 Å². The molecule has 23 heavy (non-hydrogen) atoms. The normalized spacial score (nSPS) is 16.3. The van der Waals surface area contributed by atoms with Gasteiger partial charge in [0.15, 0.2) is 0 Å². The number of nitrogens with zero attached hydrogens (tertiary/aromatic N) is 5. The Morgan fingerprint density at radius 3 is 2.83 bits per heavy atom. The number of piperazine rings is 1. The number of fused-ring (bicyclic) bond motifs is 1. The van der Waals surface area contributed by atoms with Gasteiger partial charge in [0, 0.05) is 37.9 Å². The summed E-state index contributed by atoms with van der Waals surface area (Å²) in [5.41, 5.74) is 0.646. The predicted octanol–water partition coefficient (Wildman–Crippen LogP) is 1.84. The highest BCUT2D eigenvalue weighted by Gasteiger charge is 2.19. The number of rotatable bonds is 3. The van der Waals surface area contributed by atoms with Gasteiger partial charge in [-0.15, -0.1) is 11.3 Å². The maximum Gasteiger partial charge on any atom is 0.275 e. The minimum Gasteiger partial charge on any atom is -0.361 e. The quantitative estimate of drug-likeness (QED) is 0.724. The van der Waals surface area contributed by atoms with E-state index in [1.54, 1.807) is 11.3 Å². The highest BCUT2D eigenvalue weighted by molar-refractivity contribution is 7.16. The molecule has 0 amide bonds. The lowest BCUT2D eigenvalue weighted by atomic mass is 10.3. The van der Waals surface area contributed by atoms with E-state index in [4.69, 9.17) is 0 Å². The van der Waals surface area contributed by atoms with E-state index in [9.17, 15) is 4.79 Å². The molecule has 0 aliphatic carbocycles. The average molecular weight is 347 g/mol.